The van der Waals surface area contributed by atoms with Crippen molar-refractivity contribution in [2.45, 2.75) is 96.8 Å². The van der Waals surface area contributed by atoms with Crippen molar-refractivity contribution < 1.29 is 9.90 Å². The second-order valence-corrected chi connectivity index (χ2v) is 5.73. The third-order valence-electron chi connectivity index (χ3n) is 3.65. The van der Waals surface area contributed by atoms with Gasteiger partial charge in [0.15, 0.2) is 0 Å². The summed E-state index contributed by atoms with van der Waals surface area (Å²) >= 11 is 0. The van der Waals surface area contributed by atoms with E-state index in [2.05, 4.69) is 19.1 Å². The minimum absolute atomic E-state index is 0. The molecule has 21 heavy (non-hydrogen) atoms. The van der Waals surface area contributed by atoms with E-state index in [9.17, 15) is 4.79 Å². The van der Waals surface area contributed by atoms with Gasteiger partial charge in [0.25, 0.3) is 0 Å². The molecule has 0 fully saturated rings. The van der Waals surface area contributed by atoms with Crippen LogP contribution in [0.3, 0.4) is 0 Å². The van der Waals surface area contributed by atoms with E-state index in [4.69, 9.17) is 5.11 Å². The Kier molecular flexibility index (Phi) is 23.1. The molecule has 0 atom stereocenters. The molecule has 0 radical (unpaired) electrons. The molecule has 0 spiro atoms. The quantitative estimate of drug-likeness (QED) is 0.256. The number of aliphatic carboxylic acids is 1. The fourth-order valence-electron chi connectivity index (χ4n) is 2.35. The first kappa shape index (κ1) is 23.7. The second kappa shape index (κ2) is 20.5. The van der Waals surface area contributed by atoms with Crippen molar-refractivity contribution in [1.82, 2.24) is 0 Å². The summed E-state index contributed by atoms with van der Waals surface area (Å²) in [5.74, 6) is -0.661. The van der Waals surface area contributed by atoms with Gasteiger partial charge in [0.2, 0.25) is 0 Å². The standard InChI is InChI=1S/C18H34O2.Ca.2H/c1-2-3-4-5-6-7-8-9-10-11-12-13-14-15-16-17-18(19)20;;;/h7-8H,2-6,9-17H2,1H3,(H,19,20);;;/b8-7+;;;. The van der Waals surface area contributed by atoms with Crippen LogP contribution in [0.4, 0.5) is 0 Å². The van der Waals surface area contributed by atoms with Crippen molar-refractivity contribution in [1.29, 1.82) is 0 Å². The van der Waals surface area contributed by atoms with E-state index in [1.54, 1.807) is 0 Å². The maximum atomic E-state index is 10.3. The van der Waals surface area contributed by atoms with Gasteiger partial charge >= 0.3 is 43.7 Å². The number of rotatable bonds is 15. The first-order valence-corrected chi connectivity index (χ1v) is 8.64. The van der Waals surface area contributed by atoms with Gasteiger partial charge in [0, 0.05) is 6.42 Å². The van der Waals surface area contributed by atoms with E-state index in [1.807, 2.05) is 0 Å². The molecule has 0 aliphatic rings. The Balaban J connectivity index is 0. The molecule has 0 saturated carbocycles. The molecule has 0 aromatic heterocycles. The molecule has 122 valence electrons. The Hall–Kier alpha value is 0.470. The summed E-state index contributed by atoms with van der Waals surface area (Å²) in [4.78, 5) is 10.3. The Labute approximate surface area is 161 Å². The predicted octanol–water partition coefficient (Wildman–Crippen LogP) is 5.19. The van der Waals surface area contributed by atoms with E-state index in [0.29, 0.717) is 6.42 Å². The van der Waals surface area contributed by atoms with Crippen LogP contribution in [-0.4, -0.2) is 48.8 Å². The number of carboxylic acid groups (broad SMARTS) is 1. The molecule has 0 aromatic rings. The van der Waals surface area contributed by atoms with Crippen LogP contribution in [0.2, 0.25) is 0 Å². The van der Waals surface area contributed by atoms with Crippen molar-refractivity contribution >= 4 is 43.7 Å². The van der Waals surface area contributed by atoms with Gasteiger partial charge in [-0.25, -0.2) is 0 Å². The molecule has 0 saturated heterocycles. The first-order chi connectivity index (χ1) is 9.77. The van der Waals surface area contributed by atoms with Crippen LogP contribution in [0.1, 0.15) is 96.8 Å². The summed E-state index contributed by atoms with van der Waals surface area (Å²) in [6, 6.07) is 0. The zero-order valence-corrected chi connectivity index (χ0v) is 13.4. The van der Waals surface area contributed by atoms with Gasteiger partial charge in [-0.15, -0.1) is 0 Å². The van der Waals surface area contributed by atoms with Gasteiger partial charge in [-0.2, -0.15) is 0 Å². The van der Waals surface area contributed by atoms with Gasteiger partial charge < -0.3 is 5.11 Å². The third-order valence-corrected chi connectivity index (χ3v) is 3.65. The maximum absolute atomic E-state index is 10.3. The van der Waals surface area contributed by atoms with Crippen molar-refractivity contribution in [3.63, 3.8) is 0 Å². The topological polar surface area (TPSA) is 37.3 Å². The Bertz CT molecular complexity index is 239. The normalized spacial score (nSPS) is 10.7. The molecule has 0 aliphatic heterocycles. The number of allylic oxidation sites excluding steroid dienone is 2. The first-order valence-electron chi connectivity index (χ1n) is 8.64. The Morgan fingerprint density at radius 1 is 0.762 bits per heavy atom. The number of carboxylic acids is 1. The number of hydrogen-bond donors (Lipinski definition) is 1. The molecule has 0 bridgehead atoms. The van der Waals surface area contributed by atoms with Crippen LogP contribution in [0.15, 0.2) is 12.2 Å². The fourth-order valence-corrected chi connectivity index (χ4v) is 2.35. The van der Waals surface area contributed by atoms with Crippen molar-refractivity contribution in [3.05, 3.63) is 12.2 Å². The van der Waals surface area contributed by atoms with E-state index in [1.165, 1.54) is 70.6 Å². The fraction of sp³-hybridized carbons (Fsp3) is 0.833. The van der Waals surface area contributed by atoms with E-state index in [0.717, 1.165) is 12.8 Å². The van der Waals surface area contributed by atoms with Crippen LogP contribution in [0.25, 0.3) is 0 Å². The van der Waals surface area contributed by atoms with Gasteiger partial charge in [0.05, 0.1) is 0 Å². The zero-order valence-electron chi connectivity index (χ0n) is 13.4. The monoisotopic (exact) mass is 324 g/mol. The van der Waals surface area contributed by atoms with Crippen LogP contribution < -0.4 is 0 Å². The summed E-state index contributed by atoms with van der Waals surface area (Å²) in [5.41, 5.74) is 0. The molecular formula is C18H36CaO2. The molecule has 0 aliphatic carbocycles. The molecule has 0 heterocycles. The number of hydrogen-bond acceptors (Lipinski definition) is 1. The molecule has 0 rings (SSSR count). The summed E-state index contributed by atoms with van der Waals surface area (Å²) in [6.45, 7) is 2.25. The average molecular weight is 325 g/mol. The molecule has 1 N–H and O–H groups in total. The third kappa shape index (κ3) is 22.9. The van der Waals surface area contributed by atoms with Crippen LogP contribution >= 0.6 is 0 Å². The average Bonchev–Trinajstić information content (AvgIpc) is 2.43. The van der Waals surface area contributed by atoms with E-state index in [-0.39, 0.29) is 37.7 Å². The van der Waals surface area contributed by atoms with Gasteiger partial charge in [0.1, 0.15) is 0 Å². The van der Waals surface area contributed by atoms with Crippen LogP contribution in [0, 0.1) is 0 Å². The summed E-state index contributed by atoms with van der Waals surface area (Å²) in [6.07, 6.45) is 21.2. The molecular weight excluding hydrogens is 288 g/mol. The molecule has 3 heteroatoms. The van der Waals surface area contributed by atoms with Gasteiger partial charge in [-0.3, -0.25) is 4.79 Å². The summed E-state index contributed by atoms with van der Waals surface area (Å²) in [7, 11) is 0. The Morgan fingerprint density at radius 3 is 1.67 bits per heavy atom. The summed E-state index contributed by atoms with van der Waals surface area (Å²) < 4.78 is 0. The number of carbonyl (C=O) groups is 1. The predicted molar refractivity (Wildman–Crippen MR) is 95.6 cm³/mol. The summed E-state index contributed by atoms with van der Waals surface area (Å²) in [5, 5.41) is 8.51. The second-order valence-electron chi connectivity index (χ2n) is 5.73. The molecule has 0 unspecified atom stereocenters. The Morgan fingerprint density at radius 2 is 1.19 bits per heavy atom. The SMILES string of the molecule is CCCCCC/C=C/CCCCCCCCCC(=O)O.[CaH2]. The molecule has 2 nitrogen and oxygen atoms in total. The van der Waals surface area contributed by atoms with Gasteiger partial charge in [-0.05, 0) is 32.1 Å². The van der Waals surface area contributed by atoms with E-state index < -0.39 is 5.97 Å². The van der Waals surface area contributed by atoms with Crippen LogP contribution in [-0.2, 0) is 4.79 Å². The van der Waals surface area contributed by atoms with Crippen molar-refractivity contribution in [3.8, 4) is 0 Å². The molecule has 0 aromatic carbocycles. The van der Waals surface area contributed by atoms with E-state index >= 15 is 0 Å². The van der Waals surface area contributed by atoms with Crippen LogP contribution in [0.5, 0.6) is 0 Å². The van der Waals surface area contributed by atoms with Gasteiger partial charge in [-0.1, -0.05) is 70.4 Å². The van der Waals surface area contributed by atoms with Crippen molar-refractivity contribution in [2.24, 2.45) is 0 Å². The van der Waals surface area contributed by atoms with Crippen molar-refractivity contribution in [2.75, 3.05) is 0 Å². The number of unbranched alkanes of at least 4 members (excludes halogenated alkanes) is 11. The molecule has 0 amide bonds. The zero-order chi connectivity index (χ0) is 14.9. The minimum atomic E-state index is -0.661.